The van der Waals surface area contributed by atoms with Crippen LogP contribution in [-0.4, -0.2) is 62.0 Å². The highest BCUT2D eigenvalue weighted by molar-refractivity contribution is 6.07. The number of fused-ring (bicyclic) bond motifs is 3. The zero-order valence-electron chi connectivity index (χ0n) is 25.5. The zero-order chi connectivity index (χ0) is 32.1. The van der Waals surface area contributed by atoms with Gasteiger partial charge in [-0.3, -0.25) is 14.5 Å². The highest BCUT2D eigenvalue weighted by Gasteiger charge is 2.31. The fourth-order valence-electron chi connectivity index (χ4n) is 6.11. The van der Waals surface area contributed by atoms with Gasteiger partial charge in [0.05, 0.1) is 47.7 Å². The van der Waals surface area contributed by atoms with Gasteiger partial charge < -0.3 is 23.4 Å². The highest BCUT2D eigenvalue weighted by atomic mass is 19.1. The molecule has 0 bridgehead atoms. The molecule has 0 radical (unpaired) electrons. The molecular formula is C34H30F2N6O4. The molecule has 0 N–H and O–H groups in total. The lowest BCUT2D eigenvalue weighted by Gasteiger charge is -2.33. The van der Waals surface area contributed by atoms with Gasteiger partial charge in [-0.1, -0.05) is 6.58 Å². The van der Waals surface area contributed by atoms with Crippen LogP contribution in [0.2, 0.25) is 0 Å². The summed E-state index contributed by atoms with van der Waals surface area (Å²) < 4.78 is 51.4. The molecule has 10 nitrogen and oxygen atoms in total. The fraction of sp³-hybridized carbons (Fsp3) is 0.235. The van der Waals surface area contributed by atoms with Crippen molar-refractivity contribution in [3.63, 3.8) is 0 Å². The molecule has 234 valence electrons. The van der Waals surface area contributed by atoms with Crippen LogP contribution in [0, 0.1) is 11.6 Å². The van der Waals surface area contributed by atoms with Gasteiger partial charge in [0.2, 0.25) is 5.91 Å². The summed E-state index contributed by atoms with van der Waals surface area (Å²) in [5, 5.41) is 5.42. The smallest absolute Gasteiger partial charge is 0.246 e. The number of carbonyl (C=O) groups is 1. The van der Waals surface area contributed by atoms with Crippen molar-refractivity contribution in [1.29, 1.82) is 0 Å². The lowest BCUT2D eigenvalue weighted by Crippen LogP contribution is -2.40. The number of hydrogen-bond donors (Lipinski definition) is 0. The molecule has 6 heterocycles. The van der Waals surface area contributed by atoms with Gasteiger partial charge in [-0.2, -0.15) is 5.10 Å². The van der Waals surface area contributed by atoms with Gasteiger partial charge in [0.25, 0.3) is 0 Å². The van der Waals surface area contributed by atoms with Gasteiger partial charge in [-0.05, 0) is 37.3 Å². The molecule has 1 atom stereocenters. The molecule has 0 unspecified atom stereocenters. The SMILES string of the molecule is C=CC(=O)N1CCn2nc(-c3nc(-c4cnc5ccn(C)c5c4)c4occc4c3-c3c(F)cc(F)cc3OCCOC)cc2[C@H]1C. The number of aromatic nitrogens is 5. The quantitative estimate of drug-likeness (QED) is 0.145. The third kappa shape index (κ3) is 4.81. The lowest BCUT2D eigenvalue weighted by molar-refractivity contribution is -0.129. The largest absolute Gasteiger partial charge is 0.490 e. The van der Waals surface area contributed by atoms with E-state index in [1.165, 1.54) is 19.4 Å². The maximum Gasteiger partial charge on any atom is 0.246 e. The minimum atomic E-state index is -0.835. The summed E-state index contributed by atoms with van der Waals surface area (Å²) in [6.07, 6.45) is 6.43. The van der Waals surface area contributed by atoms with Gasteiger partial charge in [0.1, 0.15) is 41.1 Å². The number of furan rings is 1. The molecule has 1 amide bonds. The Bertz CT molecular complexity index is 2150. The van der Waals surface area contributed by atoms with E-state index in [4.69, 9.17) is 24.0 Å². The Balaban J connectivity index is 1.51. The van der Waals surface area contributed by atoms with E-state index in [-0.39, 0.29) is 36.5 Å². The van der Waals surface area contributed by atoms with Crippen LogP contribution in [0.15, 0.2) is 72.1 Å². The Hall–Kier alpha value is -5.36. The van der Waals surface area contributed by atoms with E-state index in [1.54, 1.807) is 17.2 Å². The first kappa shape index (κ1) is 29.4. The minimum absolute atomic E-state index is 0.0106. The van der Waals surface area contributed by atoms with Crippen molar-refractivity contribution in [2.24, 2.45) is 7.05 Å². The van der Waals surface area contributed by atoms with E-state index in [1.807, 2.05) is 47.6 Å². The number of rotatable bonds is 8. The van der Waals surface area contributed by atoms with Crippen LogP contribution in [-0.2, 0) is 23.1 Å². The third-order valence-corrected chi connectivity index (χ3v) is 8.39. The van der Waals surface area contributed by atoms with E-state index in [9.17, 15) is 9.18 Å². The summed E-state index contributed by atoms with van der Waals surface area (Å²) in [7, 11) is 3.44. The molecule has 0 saturated heterocycles. The van der Waals surface area contributed by atoms with E-state index in [0.717, 1.165) is 28.9 Å². The molecule has 5 aromatic heterocycles. The van der Waals surface area contributed by atoms with Crippen LogP contribution >= 0.6 is 0 Å². The summed E-state index contributed by atoms with van der Waals surface area (Å²) in [5.74, 6) is -1.82. The standard InChI is InChI=1S/C34H30F2N6O4/c1-5-29(43)41-9-10-42-26(19(41)2)17-25(39-42)33-30(31-23(36)15-21(35)16-28(31)45-13-12-44-4)22-7-11-46-34(22)32(38-33)20-14-27-24(37-18-20)6-8-40(27)3/h5-8,11,14-19H,1,9-10,12-13H2,2-4H3/t19-/m1/s1. The van der Waals surface area contributed by atoms with Crippen LogP contribution < -0.4 is 4.74 Å². The molecule has 0 saturated carbocycles. The monoisotopic (exact) mass is 624 g/mol. The first-order chi connectivity index (χ1) is 22.3. The Morgan fingerprint density at radius 3 is 2.78 bits per heavy atom. The second kappa shape index (κ2) is 11.5. The zero-order valence-corrected chi connectivity index (χ0v) is 25.5. The number of nitrogens with zero attached hydrogens (tertiary/aromatic N) is 6. The van der Waals surface area contributed by atoms with E-state index < -0.39 is 11.6 Å². The second-order valence-corrected chi connectivity index (χ2v) is 11.1. The van der Waals surface area contributed by atoms with E-state index >= 15 is 4.39 Å². The first-order valence-corrected chi connectivity index (χ1v) is 14.7. The first-order valence-electron chi connectivity index (χ1n) is 14.7. The number of methoxy groups -OCH3 is 1. The molecule has 1 aromatic carbocycles. The molecule has 0 aliphatic carbocycles. The predicted octanol–water partition coefficient (Wildman–Crippen LogP) is 6.30. The summed E-state index contributed by atoms with van der Waals surface area (Å²) in [6, 6.07) is 9.10. The van der Waals surface area contributed by atoms with Crippen LogP contribution in [0.4, 0.5) is 8.78 Å². The number of aryl methyl sites for hydroxylation is 1. The number of benzene rings is 1. The van der Waals surface area contributed by atoms with Crippen LogP contribution in [0.5, 0.6) is 5.75 Å². The highest BCUT2D eigenvalue weighted by Crippen LogP contribution is 2.46. The van der Waals surface area contributed by atoms with Crippen LogP contribution in [0.1, 0.15) is 18.7 Å². The number of hydrogen-bond acceptors (Lipinski definition) is 7. The van der Waals surface area contributed by atoms with Crippen molar-refractivity contribution in [2.45, 2.75) is 19.5 Å². The van der Waals surface area contributed by atoms with E-state index in [0.29, 0.717) is 52.3 Å². The molecular weight excluding hydrogens is 594 g/mol. The minimum Gasteiger partial charge on any atom is -0.490 e. The topological polar surface area (TPSA) is 100 Å². The molecule has 0 fully saturated rings. The summed E-state index contributed by atoms with van der Waals surface area (Å²) in [6.45, 7) is 6.71. The molecule has 7 rings (SSSR count). The third-order valence-electron chi connectivity index (χ3n) is 8.39. The lowest BCUT2D eigenvalue weighted by atomic mass is 9.95. The van der Waals surface area contributed by atoms with Crippen molar-refractivity contribution >= 4 is 27.9 Å². The maximum absolute atomic E-state index is 16.0. The van der Waals surface area contributed by atoms with Crippen molar-refractivity contribution in [3.8, 4) is 39.5 Å². The van der Waals surface area contributed by atoms with Crippen molar-refractivity contribution in [1.82, 2.24) is 29.2 Å². The van der Waals surface area contributed by atoms with Gasteiger partial charge in [-0.25, -0.2) is 13.8 Å². The molecule has 1 aliphatic heterocycles. The van der Waals surface area contributed by atoms with Crippen LogP contribution in [0.25, 0.3) is 55.8 Å². The van der Waals surface area contributed by atoms with Crippen molar-refractivity contribution in [2.75, 3.05) is 26.9 Å². The number of amides is 1. The Labute approximate surface area is 262 Å². The van der Waals surface area contributed by atoms with Crippen molar-refractivity contribution in [3.05, 3.63) is 85.0 Å². The van der Waals surface area contributed by atoms with E-state index in [2.05, 4.69) is 11.6 Å². The Morgan fingerprint density at radius 2 is 1.98 bits per heavy atom. The molecule has 46 heavy (non-hydrogen) atoms. The number of ether oxygens (including phenoxy) is 2. The van der Waals surface area contributed by atoms with Gasteiger partial charge in [0, 0.05) is 61.7 Å². The molecule has 0 spiro atoms. The predicted molar refractivity (Wildman–Crippen MR) is 168 cm³/mol. The summed E-state index contributed by atoms with van der Waals surface area (Å²) in [5.41, 5.74) is 5.13. The fourth-order valence-corrected chi connectivity index (χ4v) is 6.11. The summed E-state index contributed by atoms with van der Waals surface area (Å²) in [4.78, 5) is 24.0. The molecule has 12 heteroatoms. The van der Waals surface area contributed by atoms with Crippen LogP contribution in [0.3, 0.4) is 0 Å². The Morgan fingerprint density at radius 1 is 1.13 bits per heavy atom. The molecule has 1 aliphatic rings. The van der Waals surface area contributed by atoms with Gasteiger partial charge in [0.15, 0.2) is 5.58 Å². The Kier molecular flexibility index (Phi) is 7.36. The average molecular weight is 625 g/mol. The number of pyridine rings is 2. The van der Waals surface area contributed by atoms with Crippen molar-refractivity contribution < 1.29 is 27.5 Å². The molecule has 6 aromatic rings. The summed E-state index contributed by atoms with van der Waals surface area (Å²) >= 11 is 0. The normalized spacial score (nSPS) is 14.6. The number of carbonyl (C=O) groups excluding carboxylic acids is 1. The second-order valence-electron chi connectivity index (χ2n) is 11.1. The maximum atomic E-state index is 16.0. The number of halogens is 2. The average Bonchev–Trinajstić information content (AvgIpc) is 3.80. The van der Waals surface area contributed by atoms with Gasteiger partial charge >= 0.3 is 0 Å². The van der Waals surface area contributed by atoms with Gasteiger partial charge in [-0.15, -0.1) is 0 Å².